The van der Waals surface area contributed by atoms with Crippen LogP contribution in [0.25, 0.3) is 0 Å². The van der Waals surface area contributed by atoms with Gasteiger partial charge in [0.25, 0.3) is 0 Å². The highest BCUT2D eigenvalue weighted by Gasteiger charge is 2.52. The van der Waals surface area contributed by atoms with Gasteiger partial charge < -0.3 is 9.84 Å². The minimum absolute atomic E-state index is 0.0826. The van der Waals surface area contributed by atoms with Crippen LogP contribution in [0.3, 0.4) is 0 Å². The van der Waals surface area contributed by atoms with E-state index in [-0.39, 0.29) is 5.75 Å². The van der Waals surface area contributed by atoms with Crippen molar-refractivity contribution in [2.24, 2.45) is 0 Å². The quantitative estimate of drug-likeness (QED) is 0.802. The summed E-state index contributed by atoms with van der Waals surface area (Å²) in [6.07, 6.45) is -4.94. The molecule has 0 saturated heterocycles. The van der Waals surface area contributed by atoms with Gasteiger partial charge in [-0.15, -0.1) is 0 Å². The molecular formula is C10H10F4O2. The van der Waals surface area contributed by atoms with E-state index in [0.29, 0.717) is 6.92 Å². The number of hydrogen-bond donors (Lipinski definition) is 1. The Hall–Kier alpha value is -1.30. The number of rotatable bonds is 2. The average Bonchev–Trinajstić information content (AvgIpc) is 2.15. The Bertz CT molecular complexity index is 385. The molecule has 0 radical (unpaired) electrons. The van der Waals surface area contributed by atoms with Crippen LogP contribution >= 0.6 is 0 Å². The van der Waals surface area contributed by atoms with E-state index in [1.807, 2.05) is 0 Å². The van der Waals surface area contributed by atoms with Crippen molar-refractivity contribution in [3.05, 3.63) is 29.6 Å². The van der Waals surface area contributed by atoms with Gasteiger partial charge in [-0.05, 0) is 19.1 Å². The molecule has 0 aliphatic rings. The summed E-state index contributed by atoms with van der Waals surface area (Å²) >= 11 is 0. The van der Waals surface area contributed by atoms with Crippen LogP contribution in [0.5, 0.6) is 5.75 Å². The number of halogens is 4. The Labute approximate surface area is 89.5 Å². The molecule has 90 valence electrons. The van der Waals surface area contributed by atoms with Crippen LogP contribution in [0.1, 0.15) is 12.5 Å². The summed E-state index contributed by atoms with van der Waals surface area (Å²) < 4.78 is 55.3. The van der Waals surface area contributed by atoms with Gasteiger partial charge in [0.15, 0.2) is 5.60 Å². The van der Waals surface area contributed by atoms with Gasteiger partial charge in [0, 0.05) is 11.6 Å². The zero-order chi connectivity index (χ0) is 12.6. The Kier molecular flexibility index (Phi) is 3.14. The van der Waals surface area contributed by atoms with Crippen molar-refractivity contribution in [1.29, 1.82) is 0 Å². The van der Waals surface area contributed by atoms with E-state index in [1.165, 1.54) is 7.11 Å². The molecule has 1 unspecified atom stereocenters. The van der Waals surface area contributed by atoms with Gasteiger partial charge in [0.1, 0.15) is 11.6 Å². The topological polar surface area (TPSA) is 29.5 Å². The molecule has 16 heavy (non-hydrogen) atoms. The zero-order valence-corrected chi connectivity index (χ0v) is 8.60. The Morgan fingerprint density at radius 1 is 1.25 bits per heavy atom. The van der Waals surface area contributed by atoms with Gasteiger partial charge in [0.05, 0.1) is 7.11 Å². The summed E-state index contributed by atoms with van der Waals surface area (Å²) in [7, 11) is 1.26. The fourth-order valence-electron chi connectivity index (χ4n) is 1.17. The van der Waals surface area contributed by atoms with E-state index in [4.69, 9.17) is 0 Å². The third-order valence-electron chi connectivity index (χ3n) is 2.25. The third-order valence-corrected chi connectivity index (χ3v) is 2.25. The molecule has 0 aliphatic heterocycles. The van der Waals surface area contributed by atoms with E-state index < -0.39 is 23.2 Å². The first-order chi connectivity index (χ1) is 7.20. The van der Waals surface area contributed by atoms with Crippen LogP contribution < -0.4 is 4.74 Å². The van der Waals surface area contributed by atoms with Crippen LogP contribution in [-0.2, 0) is 5.60 Å². The molecule has 0 aromatic heterocycles. The molecular weight excluding hydrogens is 228 g/mol. The van der Waals surface area contributed by atoms with E-state index in [0.717, 1.165) is 18.2 Å². The van der Waals surface area contributed by atoms with E-state index >= 15 is 0 Å². The van der Waals surface area contributed by atoms with Crippen molar-refractivity contribution in [2.45, 2.75) is 18.7 Å². The van der Waals surface area contributed by atoms with E-state index in [1.54, 1.807) is 0 Å². The molecule has 1 rings (SSSR count). The number of ether oxygens (including phenoxy) is 1. The lowest BCUT2D eigenvalue weighted by atomic mass is 9.95. The minimum atomic E-state index is -4.94. The normalized spacial score (nSPS) is 15.7. The highest BCUT2D eigenvalue weighted by atomic mass is 19.4. The lowest BCUT2D eigenvalue weighted by Gasteiger charge is -2.27. The average molecular weight is 238 g/mol. The summed E-state index contributed by atoms with van der Waals surface area (Å²) in [4.78, 5) is 0. The maximum Gasteiger partial charge on any atom is 0.421 e. The van der Waals surface area contributed by atoms with Gasteiger partial charge in [0.2, 0.25) is 0 Å². The van der Waals surface area contributed by atoms with Crippen LogP contribution in [-0.4, -0.2) is 18.4 Å². The summed E-state index contributed by atoms with van der Waals surface area (Å²) in [6, 6.07) is 2.79. The molecule has 6 heteroatoms. The number of benzene rings is 1. The molecule has 0 saturated carbocycles. The lowest BCUT2D eigenvalue weighted by Crippen LogP contribution is -2.39. The Morgan fingerprint density at radius 2 is 1.81 bits per heavy atom. The van der Waals surface area contributed by atoms with E-state index in [9.17, 15) is 22.7 Å². The highest BCUT2D eigenvalue weighted by Crippen LogP contribution is 2.40. The van der Waals surface area contributed by atoms with Crippen molar-refractivity contribution in [3.8, 4) is 5.75 Å². The summed E-state index contributed by atoms with van der Waals surface area (Å²) in [5.74, 6) is -1.08. The molecule has 0 amide bonds. The number of alkyl halides is 3. The van der Waals surface area contributed by atoms with E-state index in [2.05, 4.69) is 4.74 Å². The minimum Gasteiger partial charge on any atom is -0.497 e. The van der Waals surface area contributed by atoms with Gasteiger partial charge in [-0.2, -0.15) is 13.2 Å². The molecule has 1 aromatic rings. The Balaban J connectivity index is 3.24. The lowest BCUT2D eigenvalue weighted by molar-refractivity contribution is -0.259. The smallest absolute Gasteiger partial charge is 0.421 e. The fraction of sp³-hybridized carbons (Fsp3) is 0.400. The number of methoxy groups -OCH3 is 1. The second kappa shape index (κ2) is 3.93. The maximum atomic E-state index is 13.3. The first-order valence-electron chi connectivity index (χ1n) is 4.33. The number of hydrogen-bond acceptors (Lipinski definition) is 2. The monoisotopic (exact) mass is 238 g/mol. The molecule has 0 aliphatic carbocycles. The van der Waals surface area contributed by atoms with Gasteiger partial charge >= 0.3 is 6.18 Å². The molecule has 0 bridgehead atoms. The molecule has 1 N–H and O–H groups in total. The molecule has 0 heterocycles. The van der Waals surface area contributed by atoms with Gasteiger partial charge in [-0.3, -0.25) is 0 Å². The molecule has 0 fully saturated rings. The molecule has 2 nitrogen and oxygen atoms in total. The van der Waals surface area contributed by atoms with Crippen LogP contribution in [0.4, 0.5) is 17.6 Å². The van der Waals surface area contributed by atoms with Crippen molar-refractivity contribution in [1.82, 2.24) is 0 Å². The zero-order valence-electron chi connectivity index (χ0n) is 8.60. The predicted molar refractivity (Wildman–Crippen MR) is 48.6 cm³/mol. The number of aliphatic hydroxyl groups is 1. The van der Waals surface area contributed by atoms with Crippen molar-refractivity contribution >= 4 is 0 Å². The molecule has 0 spiro atoms. The molecule has 1 atom stereocenters. The summed E-state index contributed by atoms with van der Waals surface area (Å²) in [5, 5.41) is 9.26. The first kappa shape index (κ1) is 12.8. The standard InChI is InChI=1S/C10H10F4O2/c1-9(15,10(12,13)14)7-4-3-6(16-2)5-8(7)11/h3-5,15H,1-2H3. The van der Waals surface area contributed by atoms with Gasteiger partial charge in [-0.1, -0.05) is 0 Å². The highest BCUT2D eigenvalue weighted by molar-refractivity contribution is 5.33. The van der Waals surface area contributed by atoms with Crippen LogP contribution in [0.15, 0.2) is 18.2 Å². The largest absolute Gasteiger partial charge is 0.497 e. The second-order valence-corrected chi connectivity index (χ2v) is 3.42. The summed E-state index contributed by atoms with van der Waals surface area (Å²) in [6.45, 7) is 0.498. The van der Waals surface area contributed by atoms with Crippen LogP contribution in [0, 0.1) is 5.82 Å². The van der Waals surface area contributed by atoms with Crippen molar-refractivity contribution in [2.75, 3.05) is 7.11 Å². The van der Waals surface area contributed by atoms with Crippen molar-refractivity contribution < 1.29 is 27.4 Å². The SMILES string of the molecule is COc1ccc(C(C)(O)C(F)(F)F)c(F)c1. The molecule has 1 aromatic carbocycles. The van der Waals surface area contributed by atoms with Crippen molar-refractivity contribution in [3.63, 3.8) is 0 Å². The Morgan fingerprint density at radius 3 is 2.19 bits per heavy atom. The predicted octanol–water partition coefficient (Wildman–Crippen LogP) is 2.60. The second-order valence-electron chi connectivity index (χ2n) is 3.42. The summed E-state index contributed by atoms with van der Waals surface area (Å²) in [5.41, 5.74) is -4.05. The first-order valence-corrected chi connectivity index (χ1v) is 4.33. The third kappa shape index (κ3) is 2.11. The van der Waals surface area contributed by atoms with Crippen LogP contribution in [0.2, 0.25) is 0 Å². The fourth-order valence-corrected chi connectivity index (χ4v) is 1.17. The maximum absolute atomic E-state index is 13.3. The van der Waals surface area contributed by atoms with Gasteiger partial charge in [-0.25, -0.2) is 4.39 Å².